The first-order chi connectivity index (χ1) is 13.9. The third kappa shape index (κ3) is 4.20. The predicted molar refractivity (Wildman–Crippen MR) is 111 cm³/mol. The van der Waals surface area contributed by atoms with Crippen molar-refractivity contribution in [1.29, 1.82) is 0 Å². The normalized spacial score (nSPS) is 11.6. The molecule has 0 spiro atoms. The van der Waals surface area contributed by atoms with Crippen molar-refractivity contribution in [3.05, 3.63) is 66.2 Å². The highest BCUT2D eigenvalue weighted by atomic mass is 32.2. The van der Waals surface area contributed by atoms with Gasteiger partial charge in [-0.2, -0.15) is 9.40 Å². The number of anilines is 1. The zero-order chi connectivity index (χ0) is 21.0. The molecule has 0 atom stereocenters. The summed E-state index contributed by atoms with van der Waals surface area (Å²) in [6.07, 6.45) is 2.94. The number of nitrogens with zero attached hydrogens (tertiary/aromatic N) is 4. The summed E-state index contributed by atoms with van der Waals surface area (Å²) < 4.78 is 28.8. The molecule has 0 fully saturated rings. The zero-order valence-corrected chi connectivity index (χ0v) is 17.3. The molecule has 0 aliphatic heterocycles. The Kier molecular flexibility index (Phi) is 6.09. The Morgan fingerprint density at radius 2 is 1.86 bits per heavy atom. The molecule has 1 aromatic heterocycles. The van der Waals surface area contributed by atoms with Gasteiger partial charge in [0.2, 0.25) is 10.0 Å². The van der Waals surface area contributed by atoms with Crippen LogP contribution in [0.4, 0.5) is 5.69 Å². The van der Waals surface area contributed by atoms with Crippen molar-refractivity contribution in [1.82, 2.24) is 19.1 Å². The molecule has 8 nitrogen and oxygen atoms in total. The van der Waals surface area contributed by atoms with E-state index in [0.29, 0.717) is 30.0 Å². The number of amides is 1. The molecule has 2 aromatic carbocycles. The molecule has 0 bridgehead atoms. The van der Waals surface area contributed by atoms with Gasteiger partial charge in [-0.25, -0.2) is 18.1 Å². The summed E-state index contributed by atoms with van der Waals surface area (Å²) in [6, 6.07) is 11.9. The number of aromatic nitrogens is 3. The van der Waals surface area contributed by atoms with Crippen LogP contribution in [0.5, 0.6) is 0 Å². The Morgan fingerprint density at radius 3 is 2.52 bits per heavy atom. The number of sulfonamides is 1. The molecule has 1 heterocycles. The van der Waals surface area contributed by atoms with Crippen molar-refractivity contribution in [3.63, 3.8) is 0 Å². The van der Waals surface area contributed by atoms with Gasteiger partial charge in [0.25, 0.3) is 5.91 Å². The van der Waals surface area contributed by atoms with Gasteiger partial charge in [0, 0.05) is 18.7 Å². The van der Waals surface area contributed by atoms with Crippen LogP contribution < -0.4 is 5.32 Å². The molecular formula is C20H23N5O3S. The van der Waals surface area contributed by atoms with Gasteiger partial charge in [0.15, 0.2) is 0 Å². The molecule has 3 aromatic rings. The van der Waals surface area contributed by atoms with Crippen LogP contribution in [-0.4, -0.2) is 46.5 Å². The van der Waals surface area contributed by atoms with Gasteiger partial charge in [-0.3, -0.25) is 4.79 Å². The van der Waals surface area contributed by atoms with Gasteiger partial charge >= 0.3 is 0 Å². The molecule has 0 radical (unpaired) electrons. The minimum Gasteiger partial charge on any atom is -0.320 e. The lowest BCUT2D eigenvalue weighted by atomic mass is 10.1. The van der Waals surface area contributed by atoms with Crippen molar-refractivity contribution in [2.45, 2.75) is 25.7 Å². The van der Waals surface area contributed by atoms with Crippen molar-refractivity contribution in [3.8, 4) is 5.69 Å². The monoisotopic (exact) mass is 413 g/mol. The number of para-hydroxylation sites is 2. The number of carbonyl (C=O) groups is 1. The highest BCUT2D eigenvalue weighted by Crippen LogP contribution is 2.23. The Hall–Kier alpha value is -3.04. The van der Waals surface area contributed by atoms with E-state index >= 15 is 0 Å². The van der Waals surface area contributed by atoms with E-state index in [2.05, 4.69) is 15.4 Å². The lowest BCUT2D eigenvalue weighted by molar-refractivity contribution is 0.102. The molecule has 3 rings (SSSR count). The highest BCUT2D eigenvalue weighted by Gasteiger charge is 2.25. The molecule has 0 unspecified atom stereocenters. The number of aryl methyl sites for hydroxylation is 1. The molecule has 29 heavy (non-hydrogen) atoms. The SMILES string of the molecule is CCN(CC)S(=O)(=O)c1cc(C(=O)Nc2ccccc2-n2cncn2)ccc1C. The number of nitrogens with one attached hydrogen (secondary N) is 1. The van der Waals surface area contributed by atoms with E-state index in [0.717, 1.165) is 0 Å². The molecule has 0 aliphatic rings. The molecule has 0 saturated carbocycles. The smallest absolute Gasteiger partial charge is 0.255 e. The molecule has 1 N–H and O–H groups in total. The molecule has 0 saturated heterocycles. The first-order valence-electron chi connectivity index (χ1n) is 9.24. The van der Waals surface area contributed by atoms with E-state index < -0.39 is 15.9 Å². The van der Waals surface area contributed by atoms with E-state index in [1.54, 1.807) is 55.8 Å². The molecular weight excluding hydrogens is 390 g/mol. The molecule has 152 valence electrons. The quantitative estimate of drug-likeness (QED) is 0.642. The summed E-state index contributed by atoms with van der Waals surface area (Å²) in [6.45, 7) is 6.01. The maximum atomic E-state index is 12.9. The summed E-state index contributed by atoms with van der Waals surface area (Å²) in [5, 5.41) is 6.93. The number of hydrogen-bond acceptors (Lipinski definition) is 5. The van der Waals surface area contributed by atoms with Crippen LogP contribution in [0.15, 0.2) is 60.0 Å². The fourth-order valence-electron chi connectivity index (χ4n) is 3.03. The van der Waals surface area contributed by atoms with Gasteiger partial charge in [-0.1, -0.05) is 32.0 Å². The second kappa shape index (κ2) is 8.54. The number of hydrogen-bond donors (Lipinski definition) is 1. The van der Waals surface area contributed by atoms with Crippen molar-refractivity contribution < 1.29 is 13.2 Å². The van der Waals surface area contributed by atoms with Crippen molar-refractivity contribution >= 4 is 21.6 Å². The van der Waals surface area contributed by atoms with Crippen LogP contribution in [0.25, 0.3) is 5.69 Å². The Labute approximate surface area is 170 Å². The van der Waals surface area contributed by atoms with Crippen LogP contribution >= 0.6 is 0 Å². The third-order valence-corrected chi connectivity index (χ3v) is 6.78. The number of rotatable bonds is 7. The fraction of sp³-hybridized carbons (Fsp3) is 0.250. The topological polar surface area (TPSA) is 97.2 Å². The van der Waals surface area contributed by atoms with Crippen LogP contribution in [0.1, 0.15) is 29.8 Å². The van der Waals surface area contributed by atoms with E-state index in [9.17, 15) is 13.2 Å². The summed E-state index contributed by atoms with van der Waals surface area (Å²) in [5.74, 6) is -0.409. The van der Waals surface area contributed by atoms with E-state index in [1.165, 1.54) is 23.0 Å². The summed E-state index contributed by atoms with van der Waals surface area (Å²) in [5.41, 5.74) is 2.05. The van der Waals surface area contributed by atoms with Gasteiger partial charge in [-0.15, -0.1) is 0 Å². The maximum Gasteiger partial charge on any atom is 0.255 e. The number of benzene rings is 2. The second-order valence-electron chi connectivity index (χ2n) is 6.38. The molecule has 0 aliphatic carbocycles. The third-order valence-electron chi connectivity index (χ3n) is 4.59. The Morgan fingerprint density at radius 1 is 1.14 bits per heavy atom. The lowest BCUT2D eigenvalue weighted by Gasteiger charge is -2.20. The van der Waals surface area contributed by atoms with Gasteiger partial charge in [-0.05, 0) is 36.8 Å². The second-order valence-corrected chi connectivity index (χ2v) is 8.29. The summed E-state index contributed by atoms with van der Waals surface area (Å²) >= 11 is 0. The van der Waals surface area contributed by atoms with Crippen molar-refractivity contribution in [2.75, 3.05) is 18.4 Å². The number of carbonyl (C=O) groups excluding carboxylic acids is 1. The minimum atomic E-state index is -3.67. The molecule has 1 amide bonds. The van der Waals surface area contributed by atoms with Gasteiger partial charge < -0.3 is 5.32 Å². The Bertz CT molecular complexity index is 1110. The lowest BCUT2D eigenvalue weighted by Crippen LogP contribution is -2.31. The van der Waals surface area contributed by atoms with Crippen LogP contribution in [0.3, 0.4) is 0 Å². The highest BCUT2D eigenvalue weighted by molar-refractivity contribution is 7.89. The van der Waals surface area contributed by atoms with E-state index in [-0.39, 0.29) is 10.5 Å². The van der Waals surface area contributed by atoms with Crippen LogP contribution in [0, 0.1) is 6.92 Å². The summed E-state index contributed by atoms with van der Waals surface area (Å²) in [4.78, 5) is 16.9. The van der Waals surface area contributed by atoms with Gasteiger partial charge in [0.1, 0.15) is 12.7 Å². The first kappa shape index (κ1) is 20.7. The predicted octanol–water partition coefficient (Wildman–Crippen LogP) is 2.86. The zero-order valence-electron chi connectivity index (χ0n) is 16.5. The van der Waals surface area contributed by atoms with Crippen LogP contribution in [-0.2, 0) is 10.0 Å². The first-order valence-corrected chi connectivity index (χ1v) is 10.7. The average Bonchev–Trinajstić information content (AvgIpc) is 3.24. The fourth-order valence-corrected chi connectivity index (χ4v) is 4.74. The average molecular weight is 414 g/mol. The summed E-state index contributed by atoms with van der Waals surface area (Å²) in [7, 11) is -3.67. The Balaban J connectivity index is 1.94. The van der Waals surface area contributed by atoms with E-state index in [4.69, 9.17) is 0 Å². The largest absolute Gasteiger partial charge is 0.320 e. The maximum absolute atomic E-state index is 12.9. The van der Waals surface area contributed by atoms with Crippen molar-refractivity contribution in [2.24, 2.45) is 0 Å². The minimum absolute atomic E-state index is 0.137. The van der Waals surface area contributed by atoms with Gasteiger partial charge in [0.05, 0.1) is 16.3 Å². The molecule has 9 heteroatoms. The standard InChI is InChI=1S/C20H23N5O3S/c1-4-24(5-2)29(27,28)19-12-16(11-10-15(19)3)20(26)23-17-8-6-7-9-18(17)25-14-21-13-22-25/h6-14H,4-5H2,1-3H3,(H,23,26). The van der Waals surface area contributed by atoms with E-state index in [1.807, 2.05) is 6.07 Å². The van der Waals surface area contributed by atoms with Crippen LogP contribution in [0.2, 0.25) is 0 Å².